The van der Waals surface area contributed by atoms with Crippen LogP contribution < -0.4 is 5.32 Å². The maximum absolute atomic E-state index is 12.2. The number of amides is 1. The highest BCUT2D eigenvalue weighted by Crippen LogP contribution is 2.35. The molecule has 1 heterocycles. The summed E-state index contributed by atoms with van der Waals surface area (Å²) in [5.41, 5.74) is 2.44. The van der Waals surface area contributed by atoms with E-state index in [-0.39, 0.29) is 11.2 Å². The fourth-order valence-corrected chi connectivity index (χ4v) is 4.21. The van der Waals surface area contributed by atoms with E-state index in [0.717, 1.165) is 0 Å². The first-order valence-corrected chi connectivity index (χ1v) is 9.76. The molecule has 3 aromatic rings. The third-order valence-corrected chi connectivity index (χ3v) is 5.81. The molecule has 2 nitrogen and oxygen atoms in total. The smallest absolute Gasteiger partial charge is 0.230 e. The van der Waals surface area contributed by atoms with E-state index in [4.69, 9.17) is 0 Å². The summed E-state index contributed by atoms with van der Waals surface area (Å²) in [6.07, 6.45) is 0. The lowest BCUT2D eigenvalue weighted by molar-refractivity contribution is -0.118. The lowest BCUT2D eigenvalue weighted by atomic mass is 10.0. The molecule has 122 valence electrons. The Morgan fingerprint density at radius 2 is 1.54 bits per heavy atom. The highest BCUT2D eigenvalue weighted by atomic mass is 32.2. The molecular weight excluding hydrogens is 334 g/mol. The summed E-state index contributed by atoms with van der Waals surface area (Å²) in [5, 5.41) is 5.19. The number of hydrogen-bond acceptors (Lipinski definition) is 3. The first-order valence-electron chi connectivity index (χ1n) is 7.83. The first-order chi connectivity index (χ1) is 11.8. The molecule has 0 fully saturated rings. The van der Waals surface area contributed by atoms with Crippen LogP contribution in [-0.2, 0) is 11.3 Å². The summed E-state index contributed by atoms with van der Waals surface area (Å²) in [6, 6.07) is 24.7. The number of carbonyl (C=O) groups excluding carboxylic acids is 1. The Kier molecular flexibility index (Phi) is 6.10. The summed E-state index contributed by atoms with van der Waals surface area (Å²) >= 11 is 3.33. The van der Waals surface area contributed by atoms with E-state index in [1.165, 1.54) is 16.0 Å². The Morgan fingerprint density at radius 3 is 2.08 bits per heavy atom. The molecule has 0 aliphatic heterocycles. The quantitative estimate of drug-likeness (QED) is 0.655. The lowest BCUT2D eigenvalue weighted by Crippen LogP contribution is -2.24. The highest BCUT2D eigenvalue weighted by molar-refractivity contribution is 8.00. The van der Waals surface area contributed by atoms with Crippen LogP contribution in [0.4, 0.5) is 0 Å². The van der Waals surface area contributed by atoms with Crippen LogP contribution in [0.1, 0.15) is 21.3 Å². The minimum Gasteiger partial charge on any atom is -0.350 e. The summed E-state index contributed by atoms with van der Waals surface area (Å²) in [6.45, 7) is 0.610. The van der Waals surface area contributed by atoms with Gasteiger partial charge in [0.05, 0.1) is 17.5 Å². The molecule has 0 unspecified atom stereocenters. The molecule has 1 aromatic heterocycles. The van der Waals surface area contributed by atoms with Gasteiger partial charge in [-0.15, -0.1) is 23.1 Å². The number of nitrogens with one attached hydrogen (secondary N) is 1. The van der Waals surface area contributed by atoms with Gasteiger partial charge in [-0.25, -0.2) is 0 Å². The molecule has 0 aliphatic carbocycles. The monoisotopic (exact) mass is 353 g/mol. The predicted octanol–water partition coefficient (Wildman–Crippen LogP) is 4.89. The minimum atomic E-state index is 0.0743. The summed E-state index contributed by atoms with van der Waals surface area (Å²) in [4.78, 5) is 13.4. The average molecular weight is 354 g/mol. The molecule has 0 spiro atoms. The Morgan fingerprint density at radius 1 is 0.917 bits per heavy atom. The van der Waals surface area contributed by atoms with Crippen LogP contribution in [-0.4, -0.2) is 11.7 Å². The van der Waals surface area contributed by atoms with Crippen LogP contribution >= 0.6 is 23.1 Å². The molecule has 4 heteroatoms. The summed E-state index contributed by atoms with van der Waals surface area (Å²) in [5.74, 6) is 0.519. The molecule has 0 atom stereocenters. The van der Waals surface area contributed by atoms with Crippen molar-refractivity contribution < 1.29 is 4.79 Å². The topological polar surface area (TPSA) is 29.1 Å². The molecule has 0 bridgehead atoms. The molecular formula is C20H19NOS2. The van der Waals surface area contributed by atoms with Crippen molar-refractivity contribution in [3.8, 4) is 0 Å². The number of thioether (sulfide) groups is 1. The SMILES string of the molecule is O=C(CSC(c1ccccc1)c1ccccc1)NCc1cccs1. The van der Waals surface area contributed by atoms with Gasteiger partial charge in [0.25, 0.3) is 0 Å². The van der Waals surface area contributed by atoms with Gasteiger partial charge in [-0.05, 0) is 22.6 Å². The van der Waals surface area contributed by atoms with Gasteiger partial charge in [-0.1, -0.05) is 66.7 Å². The Balaban J connectivity index is 1.63. The van der Waals surface area contributed by atoms with Gasteiger partial charge in [-0.3, -0.25) is 4.79 Å². The Labute approximate surface area is 150 Å². The van der Waals surface area contributed by atoms with Crippen LogP contribution in [0.15, 0.2) is 78.2 Å². The molecule has 0 radical (unpaired) electrons. The van der Waals surface area contributed by atoms with E-state index in [1.807, 2.05) is 53.9 Å². The molecule has 0 aliphatic rings. The van der Waals surface area contributed by atoms with Crippen LogP contribution in [0.25, 0.3) is 0 Å². The van der Waals surface area contributed by atoms with Gasteiger partial charge in [0.1, 0.15) is 0 Å². The van der Waals surface area contributed by atoms with Crippen molar-refractivity contribution in [3.63, 3.8) is 0 Å². The molecule has 0 saturated heterocycles. The zero-order valence-corrected chi connectivity index (χ0v) is 14.9. The zero-order chi connectivity index (χ0) is 16.6. The van der Waals surface area contributed by atoms with E-state index >= 15 is 0 Å². The molecule has 3 rings (SSSR count). The zero-order valence-electron chi connectivity index (χ0n) is 13.2. The number of hydrogen-bond donors (Lipinski definition) is 1. The van der Waals surface area contributed by atoms with E-state index in [9.17, 15) is 4.79 Å². The fraction of sp³-hybridized carbons (Fsp3) is 0.150. The Bertz CT molecular complexity index is 702. The second kappa shape index (κ2) is 8.71. The normalized spacial score (nSPS) is 10.7. The van der Waals surface area contributed by atoms with Gasteiger partial charge in [0.15, 0.2) is 0 Å². The largest absolute Gasteiger partial charge is 0.350 e. The van der Waals surface area contributed by atoms with Crippen molar-refractivity contribution in [2.24, 2.45) is 0 Å². The van der Waals surface area contributed by atoms with Gasteiger partial charge < -0.3 is 5.32 Å². The van der Waals surface area contributed by atoms with Crippen LogP contribution in [0.5, 0.6) is 0 Å². The van der Waals surface area contributed by atoms with E-state index in [0.29, 0.717) is 12.3 Å². The van der Waals surface area contributed by atoms with Gasteiger partial charge >= 0.3 is 0 Å². The van der Waals surface area contributed by atoms with Crippen molar-refractivity contribution in [1.82, 2.24) is 5.32 Å². The first kappa shape index (κ1) is 16.8. The molecule has 1 amide bonds. The summed E-state index contributed by atoms with van der Waals surface area (Å²) < 4.78 is 0. The molecule has 24 heavy (non-hydrogen) atoms. The highest BCUT2D eigenvalue weighted by Gasteiger charge is 2.16. The lowest BCUT2D eigenvalue weighted by Gasteiger charge is -2.17. The predicted molar refractivity (Wildman–Crippen MR) is 103 cm³/mol. The summed E-state index contributed by atoms with van der Waals surface area (Å²) in [7, 11) is 0. The van der Waals surface area contributed by atoms with Crippen LogP contribution in [0.3, 0.4) is 0 Å². The second-order valence-electron chi connectivity index (χ2n) is 5.37. The molecule has 2 aromatic carbocycles. The van der Waals surface area contributed by atoms with Crippen LogP contribution in [0, 0.1) is 0 Å². The van der Waals surface area contributed by atoms with Crippen molar-refractivity contribution in [1.29, 1.82) is 0 Å². The van der Waals surface area contributed by atoms with Crippen molar-refractivity contribution in [3.05, 3.63) is 94.2 Å². The second-order valence-corrected chi connectivity index (χ2v) is 7.49. The minimum absolute atomic E-state index is 0.0743. The van der Waals surface area contributed by atoms with E-state index < -0.39 is 0 Å². The maximum atomic E-state index is 12.2. The Hall–Kier alpha value is -2.04. The van der Waals surface area contributed by atoms with E-state index in [1.54, 1.807) is 23.1 Å². The van der Waals surface area contributed by atoms with Crippen molar-refractivity contribution >= 4 is 29.0 Å². The van der Waals surface area contributed by atoms with E-state index in [2.05, 4.69) is 29.6 Å². The standard InChI is InChI=1S/C20H19NOS2/c22-19(21-14-18-12-7-13-23-18)15-24-20(16-8-3-1-4-9-16)17-10-5-2-6-11-17/h1-13,20H,14-15H2,(H,21,22). The van der Waals surface area contributed by atoms with Gasteiger partial charge in [-0.2, -0.15) is 0 Å². The number of thiophene rings is 1. The number of benzene rings is 2. The van der Waals surface area contributed by atoms with Crippen molar-refractivity contribution in [2.75, 3.05) is 5.75 Å². The maximum Gasteiger partial charge on any atom is 0.230 e. The van der Waals surface area contributed by atoms with Gasteiger partial charge in [0.2, 0.25) is 5.91 Å². The molecule has 1 N–H and O–H groups in total. The number of carbonyl (C=O) groups is 1. The third-order valence-electron chi connectivity index (χ3n) is 3.63. The third kappa shape index (κ3) is 4.73. The fourth-order valence-electron chi connectivity index (χ4n) is 2.45. The van der Waals surface area contributed by atoms with Crippen molar-refractivity contribution in [2.45, 2.75) is 11.8 Å². The average Bonchev–Trinajstić information content (AvgIpc) is 3.16. The van der Waals surface area contributed by atoms with Gasteiger partial charge in [0, 0.05) is 4.88 Å². The molecule has 0 saturated carbocycles. The number of rotatable bonds is 7. The van der Waals surface area contributed by atoms with Crippen LogP contribution in [0.2, 0.25) is 0 Å².